The number of benzene rings is 3. The lowest BCUT2D eigenvalue weighted by Crippen LogP contribution is -2.11. The van der Waals surface area contributed by atoms with Crippen LogP contribution in [0.25, 0.3) is 10.8 Å². The van der Waals surface area contributed by atoms with E-state index in [4.69, 9.17) is 9.15 Å². The minimum atomic E-state index is -0.313. The molecule has 1 amide bonds. The lowest BCUT2D eigenvalue weighted by molar-refractivity contribution is 0.0992. The highest BCUT2D eigenvalue weighted by Gasteiger charge is 2.14. The first-order chi connectivity index (χ1) is 17.0. The van der Waals surface area contributed by atoms with Crippen molar-refractivity contribution in [3.8, 4) is 5.75 Å². The summed E-state index contributed by atoms with van der Waals surface area (Å²) in [7, 11) is 0. The first kappa shape index (κ1) is 22.9. The minimum Gasteiger partial charge on any atom is -0.485 e. The lowest BCUT2D eigenvalue weighted by Gasteiger charge is -2.09. The van der Waals surface area contributed by atoms with Crippen molar-refractivity contribution in [1.29, 1.82) is 0 Å². The van der Waals surface area contributed by atoms with Crippen molar-refractivity contribution < 1.29 is 13.9 Å². The van der Waals surface area contributed by atoms with E-state index in [9.17, 15) is 4.79 Å². The van der Waals surface area contributed by atoms with Gasteiger partial charge in [-0.1, -0.05) is 48.5 Å². The SMILES string of the molecule is Cc1nn(Cc2cccc(NC(=O)c3ccc(COc4cccc5ccccc45)o3)c2)c(C)c1Br. The van der Waals surface area contributed by atoms with E-state index < -0.39 is 0 Å². The van der Waals surface area contributed by atoms with Gasteiger partial charge in [0, 0.05) is 11.1 Å². The van der Waals surface area contributed by atoms with E-state index >= 15 is 0 Å². The van der Waals surface area contributed by atoms with Crippen LogP contribution >= 0.6 is 15.9 Å². The molecule has 0 unspecified atom stereocenters. The summed E-state index contributed by atoms with van der Waals surface area (Å²) in [5.41, 5.74) is 3.73. The summed E-state index contributed by atoms with van der Waals surface area (Å²) in [6, 6.07) is 25.1. The van der Waals surface area contributed by atoms with Gasteiger partial charge < -0.3 is 14.5 Å². The predicted molar refractivity (Wildman–Crippen MR) is 140 cm³/mol. The van der Waals surface area contributed by atoms with Crippen molar-refractivity contribution in [2.24, 2.45) is 0 Å². The van der Waals surface area contributed by atoms with E-state index in [0.29, 0.717) is 18.0 Å². The summed E-state index contributed by atoms with van der Waals surface area (Å²) in [6.45, 7) is 4.83. The highest BCUT2D eigenvalue weighted by atomic mass is 79.9. The number of ether oxygens (including phenoxy) is 1. The average Bonchev–Trinajstić information content (AvgIpc) is 3.44. The molecule has 3 aromatic carbocycles. The molecule has 0 spiro atoms. The third kappa shape index (κ3) is 5.00. The molecule has 1 N–H and O–H groups in total. The Bertz CT molecular complexity index is 1510. The molecule has 6 nitrogen and oxygen atoms in total. The molecule has 0 saturated carbocycles. The van der Waals surface area contributed by atoms with E-state index in [0.717, 1.165) is 37.9 Å². The molecule has 0 aliphatic rings. The summed E-state index contributed by atoms with van der Waals surface area (Å²) >= 11 is 3.56. The molecule has 35 heavy (non-hydrogen) atoms. The molecular weight excluding hydrogens is 506 g/mol. The second-order valence-electron chi connectivity index (χ2n) is 8.33. The maximum absolute atomic E-state index is 12.8. The molecule has 5 aromatic rings. The zero-order valence-corrected chi connectivity index (χ0v) is 21.0. The van der Waals surface area contributed by atoms with Crippen LogP contribution in [0.1, 0.15) is 33.3 Å². The maximum atomic E-state index is 12.8. The van der Waals surface area contributed by atoms with Gasteiger partial charge >= 0.3 is 0 Å². The number of hydrogen-bond acceptors (Lipinski definition) is 4. The van der Waals surface area contributed by atoms with Crippen LogP contribution < -0.4 is 10.1 Å². The Kier molecular flexibility index (Phi) is 6.42. The molecule has 2 aromatic heterocycles. The van der Waals surface area contributed by atoms with Gasteiger partial charge in [-0.15, -0.1) is 0 Å². The number of aryl methyl sites for hydroxylation is 1. The van der Waals surface area contributed by atoms with Crippen molar-refractivity contribution in [2.45, 2.75) is 27.0 Å². The summed E-state index contributed by atoms with van der Waals surface area (Å²) in [5, 5.41) is 9.62. The van der Waals surface area contributed by atoms with Gasteiger partial charge in [0.25, 0.3) is 5.91 Å². The van der Waals surface area contributed by atoms with E-state index in [1.807, 2.05) is 85.3 Å². The van der Waals surface area contributed by atoms with Crippen LogP contribution in [-0.2, 0) is 13.2 Å². The first-order valence-electron chi connectivity index (χ1n) is 11.3. The summed E-state index contributed by atoms with van der Waals surface area (Å²) < 4.78 is 14.7. The molecule has 5 rings (SSSR count). The van der Waals surface area contributed by atoms with E-state index in [2.05, 4.69) is 26.3 Å². The Balaban J connectivity index is 1.23. The van der Waals surface area contributed by atoms with Crippen molar-refractivity contribution in [3.05, 3.63) is 112 Å². The number of nitrogens with zero attached hydrogens (tertiary/aromatic N) is 2. The van der Waals surface area contributed by atoms with E-state index in [1.54, 1.807) is 12.1 Å². The fraction of sp³-hybridized carbons (Fsp3) is 0.143. The normalized spacial score (nSPS) is 11.1. The molecular formula is C28H24BrN3O3. The Hall–Kier alpha value is -3.84. The van der Waals surface area contributed by atoms with E-state index in [1.165, 1.54) is 0 Å². The first-order valence-corrected chi connectivity index (χ1v) is 12.1. The van der Waals surface area contributed by atoms with Crippen LogP contribution in [0.4, 0.5) is 5.69 Å². The van der Waals surface area contributed by atoms with Crippen LogP contribution in [0, 0.1) is 13.8 Å². The van der Waals surface area contributed by atoms with Gasteiger partial charge in [0.1, 0.15) is 18.1 Å². The molecule has 0 aliphatic carbocycles. The smallest absolute Gasteiger partial charge is 0.291 e. The largest absolute Gasteiger partial charge is 0.485 e. The van der Waals surface area contributed by atoms with Crippen LogP contribution in [0.3, 0.4) is 0 Å². The second kappa shape index (κ2) is 9.80. The van der Waals surface area contributed by atoms with Crippen LogP contribution in [0.5, 0.6) is 5.75 Å². The lowest BCUT2D eigenvalue weighted by atomic mass is 10.1. The molecule has 176 valence electrons. The fourth-order valence-corrected chi connectivity index (χ4v) is 4.27. The number of carbonyl (C=O) groups is 1. The third-order valence-electron chi connectivity index (χ3n) is 5.82. The van der Waals surface area contributed by atoms with Crippen molar-refractivity contribution in [3.63, 3.8) is 0 Å². The van der Waals surface area contributed by atoms with Crippen LogP contribution in [0.15, 0.2) is 87.8 Å². The van der Waals surface area contributed by atoms with Gasteiger partial charge in [-0.05, 0) is 71.1 Å². The van der Waals surface area contributed by atoms with Crippen molar-refractivity contribution in [2.75, 3.05) is 5.32 Å². The average molecular weight is 530 g/mol. The number of halogens is 1. The molecule has 0 saturated heterocycles. The van der Waals surface area contributed by atoms with Crippen LogP contribution in [-0.4, -0.2) is 15.7 Å². The number of amides is 1. The fourth-order valence-electron chi connectivity index (χ4n) is 3.99. The number of aromatic nitrogens is 2. The van der Waals surface area contributed by atoms with Crippen LogP contribution in [0.2, 0.25) is 0 Å². The summed E-state index contributed by atoms with van der Waals surface area (Å²) in [5.74, 6) is 1.27. The number of nitrogens with one attached hydrogen (secondary N) is 1. The quantitative estimate of drug-likeness (QED) is 0.249. The van der Waals surface area contributed by atoms with Crippen molar-refractivity contribution in [1.82, 2.24) is 9.78 Å². The van der Waals surface area contributed by atoms with Crippen molar-refractivity contribution >= 4 is 38.3 Å². The van der Waals surface area contributed by atoms with E-state index in [-0.39, 0.29) is 18.3 Å². The standard InChI is InChI=1S/C28H24BrN3O3/c1-18-27(29)19(2)32(31-18)16-20-7-5-10-22(15-20)30-28(33)26-14-13-23(35-26)17-34-25-12-6-9-21-8-3-4-11-24(21)25/h3-15H,16-17H2,1-2H3,(H,30,33). The molecule has 0 radical (unpaired) electrons. The van der Waals surface area contributed by atoms with Gasteiger partial charge in [0.2, 0.25) is 0 Å². The zero-order chi connectivity index (χ0) is 24.4. The van der Waals surface area contributed by atoms with Gasteiger partial charge in [0.05, 0.1) is 22.4 Å². The van der Waals surface area contributed by atoms with Gasteiger partial charge in [0.15, 0.2) is 5.76 Å². The molecule has 0 aliphatic heterocycles. The monoisotopic (exact) mass is 529 g/mol. The summed E-state index contributed by atoms with van der Waals surface area (Å²) in [4.78, 5) is 12.8. The number of hydrogen-bond donors (Lipinski definition) is 1. The Morgan fingerprint density at radius 1 is 1.03 bits per heavy atom. The molecule has 0 fully saturated rings. The van der Waals surface area contributed by atoms with Gasteiger partial charge in [-0.25, -0.2) is 0 Å². The maximum Gasteiger partial charge on any atom is 0.291 e. The third-order valence-corrected chi connectivity index (χ3v) is 6.96. The molecule has 0 atom stereocenters. The molecule has 7 heteroatoms. The predicted octanol–water partition coefficient (Wildman–Crippen LogP) is 6.89. The number of anilines is 1. The Morgan fingerprint density at radius 3 is 2.66 bits per heavy atom. The topological polar surface area (TPSA) is 69.3 Å². The Labute approximate surface area is 211 Å². The minimum absolute atomic E-state index is 0.231. The van der Waals surface area contributed by atoms with Gasteiger partial charge in [-0.2, -0.15) is 5.10 Å². The Morgan fingerprint density at radius 2 is 1.83 bits per heavy atom. The molecule has 2 heterocycles. The number of rotatable bonds is 7. The second-order valence-corrected chi connectivity index (χ2v) is 9.12. The van der Waals surface area contributed by atoms with Gasteiger partial charge in [-0.3, -0.25) is 9.48 Å². The zero-order valence-electron chi connectivity index (χ0n) is 19.4. The highest BCUT2D eigenvalue weighted by Crippen LogP contribution is 2.26. The molecule has 0 bridgehead atoms. The number of furan rings is 1. The number of carbonyl (C=O) groups excluding carboxylic acids is 1. The summed E-state index contributed by atoms with van der Waals surface area (Å²) in [6.07, 6.45) is 0. The highest BCUT2D eigenvalue weighted by molar-refractivity contribution is 9.10. The number of fused-ring (bicyclic) bond motifs is 1.